The Morgan fingerprint density at radius 1 is 1.04 bits per heavy atom. The van der Waals surface area contributed by atoms with E-state index in [1.54, 1.807) is 24.3 Å². The molecule has 1 saturated heterocycles. The zero-order valence-corrected chi connectivity index (χ0v) is 15.8. The average Bonchev–Trinajstić information content (AvgIpc) is 2.65. The van der Waals surface area contributed by atoms with E-state index in [1.165, 1.54) is 4.90 Å². The summed E-state index contributed by atoms with van der Waals surface area (Å²) in [5.74, 6) is -2.01. The number of piperazine rings is 1. The first-order valence-corrected chi connectivity index (χ1v) is 10.1. The van der Waals surface area contributed by atoms with E-state index >= 15 is 0 Å². The molecule has 3 rings (SSSR count). The number of benzene rings is 2. The minimum absolute atomic E-state index is 0.00650. The van der Waals surface area contributed by atoms with E-state index in [0.717, 1.165) is 16.4 Å². The summed E-state index contributed by atoms with van der Waals surface area (Å²) in [7, 11) is -4.17. The Morgan fingerprint density at radius 3 is 2.37 bits per heavy atom. The van der Waals surface area contributed by atoms with Crippen molar-refractivity contribution in [2.45, 2.75) is 11.3 Å². The largest absolute Gasteiger partial charge is 0.340 e. The van der Waals surface area contributed by atoms with Crippen molar-refractivity contribution in [3.63, 3.8) is 0 Å². The minimum atomic E-state index is -4.17. The molecule has 2 aromatic rings. The summed E-state index contributed by atoms with van der Waals surface area (Å²) in [5, 5.41) is 0.494. The van der Waals surface area contributed by atoms with E-state index in [2.05, 4.69) is 0 Å². The number of rotatable bonds is 4. The van der Waals surface area contributed by atoms with Crippen molar-refractivity contribution >= 4 is 27.5 Å². The van der Waals surface area contributed by atoms with Gasteiger partial charge < -0.3 is 4.90 Å². The van der Waals surface area contributed by atoms with E-state index in [1.807, 2.05) is 0 Å². The quantitative estimate of drug-likeness (QED) is 0.773. The maximum Gasteiger partial charge on any atom is 0.246 e. The summed E-state index contributed by atoms with van der Waals surface area (Å²) < 4.78 is 53.4. The smallest absolute Gasteiger partial charge is 0.246 e. The van der Waals surface area contributed by atoms with Crippen LogP contribution in [-0.4, -0.2) is 49.7 Å². The van der Waals surface area contributed by atoms with Crippen LogP contribution in [0.3, 0.4) is 0 Å². The molecule has 9 heteroatoms. The molecule has 1 aliphatic rings. The van der Waals surface area contributed by atoms with Gasteiger partial charge in [-0.3, -0.25) is 4.79 Å². The Kier molecular flexibility index (Phi) is 5.78. The van der Waals surface area contributed by atoms with Gasteiger partial charge in [0, 0.05) is 31.2 Å². The molecule has 1 amide bonds. The lowest BCUT2D eigenvalue weighted by atomic mass is 10.1. The zero-order valence-electron chi connectivity index (χ0n) is 14.2. The normalized spacial score (nSPS) is 15.7. The van der Waals surface area contributed by atoms with Gasteiger partial charge in [-0.1, -0.05) is 29.8 Å². The highest BCUT2D eigenvalue weighted by atomic mass is 35.5. The van der Waals surface area contributed by atoms with Gasteiger partial charge in [-0.2, -0.15) is 4.31 Å². The zero-order chi connectivity index (χ0) is 19.6. The van der Waals surface area contributed by atoms with Crippen LogP contribution in [0, 0.1) is 11.6 Å². The van der Waals surface area contributed by atoms with Gasteiger partial charge in [-0.05, 0) is 29.8 Å². The summed E-state index contributed by atoms with van der Waals surface area (Å²) in [6.45, 7) is 0.345. The van der Waals surface area contributed by atoms with Crippen molar-refractivity contribution in [1.29, 1.82) is 0 Å². The van der Waals surface area contributed by atoms with E-state index < -0.39 is 26.6 Å². The molecule has 27 heavy (non-hydrogen) atoms. The Hall–Kier alpha value is -2.03. The van der Waals surface area contributed by atoms with Crippen LogP contribution in [0.4, 0.5) is 8.78 Å². The van der Waals surface area contributed by atoms with Gasteiger partial charge in [-0.25, -0.2) is 17.2 Å². The topological polar surface area (TPSA) is 57.7 Å². The SMILES string of the molecule is O=C(Cc1ccccc1Cl)N1CCN(S(=O)(=O)c2cc(F)ccc2F)CC1. The van der Waals surface area contributed by atoms with Gasteiger partial charge >= 0.3 is 0 Å². The highest BCUT2D eigenvalue weighted by molar-refractivity contribution is 7.89. The van der Waals surface area contributed by atoms with Gasteiger partial charge in [0.05, 0.1) is 6.42 Å². The predicted molar refractivity (Wildman–Crippen MR) is 96.9 cm³/mol. The number of halogens is 3. The summed E-state index contributed by atoms with van der Waals surface area (Å²) in [6, 6.07) is 9.32. The second-order valence-corrected chi connectivity index (χ2v) is 8.44. The maximum absolute atomic E-state index is 13.9. The lowest BCUT2D eigenvalue weighted by Crippen LogP contribution is -2.51. The number of carbonyl (C=O) groups is 1. The van der Waals surface area contributed by atoms with Crippen LogP contribution in [0.5, 0.6) is 0 Å². The van der Waals surface area contributed by atoms with Crippen LogP contribution >= 0.6 is 11.6 Å². The molecule has 0 bridgehead atoms. The number of amides is 1. The molecule has 0 atom stereocenters. The van der Waals surface area contributed by atoms with Gasteiger partial charge in [0.15, 0.2) is 0 Å². The second kappa shape index (κ2) is 7.92. The fourth-order valence-electron chi connectivity index (χ4n) is 2.91. The minimum Gasteiger partial charge on any atom is -0.340 e. The Bertz CT molecular complexity index is 961. The van der Waals surface area contributed by atoms with E-state index in [9.17, 15) is 22.0 Å². The molecule has 0 aromatic heterocycles. The van der Waals surface area contributed by atoms with Crippen molar-refractivity contribution in [2.75, 3.05) is 26.2 Å². The molecule has 0 aliphatic carbocycles. The standard InChI is InChI=1S/C18H17ClF2N2O3S/c19-15-4-2-1-3-13(15)11-18(24)22-7-9-23(10-8-22)27(25,26)17-12-14(20)5-6-16(17)21/h1-6,12H,7-11H2. The summed E-state index contributed by atoms with van der Waals surface area (Å²) in [6.07, 6.45) is 0.116. The van der Waals surface area contributed by atoms with Gasteiger partial charge in [-0.15, -0.1) is 0 Å². The Balaban J connectivity index is 1.67. The average molecular weight is 415 g/mol. The number of nitrogens with zero attached hydrogens (tertiary/aromatic N) is 2. The van der Waals surface area contributed by atoms with Crippen LogP contribution in [0.2, 0.25) is 5.02 Å². The first kappa shape index (κ1) is 19.7. The van der Waals surface area contributed by atoms with Crippen LogP contribution in [0.15, 0.2) is 47.4 Å². The van der Waals surface area contributed by atoms with E-state index in [4.69, 9.17) is 11.6 Å². The van der Waals surface area contributed by atoms with Crippen LogP contribution in [-0.2, 0) is 21.2 Å². The Morgan fingerprint density at radius 2 is 1.70 bits per heavy atom. The predicted octanol–water partition coefficient (Wildman–Crippen LogP) is 2.69. The third-order valence-corrected chi connectivity index (χ3v) is 6.68. The molecular weight excluding hydrogens is 398 g/mol. The lowest BCUT2D eigenvalue weighted by molar-refractivity contribution is -0.131. The molecule has 0 saturated carbocycles. The number of hydrogen-bond donors (Lipinski definition) is 0. The molecule has 0 spiro atoms. The number of carbonyl (C=O) groups excluding carboxylic acids is 1. The molecule has 5 nitrogen and oxygen atoms in total. The van der Waals surface area contributed by atoms with Crippen molar-refractivity contribution in [1.82, 2.24) is 9.21 Å². The molecule has 2 aromatic carbocycles. The molecule has 0 N–H and O–H groups in total. The van der Waals surface area contributed by atoms with E-state index in [0.29, 0.717) is 16.7 Å². The van der Waals surface area contributed by atoms with Gasteiger partial charge in [0.2, 0.25) is 15.9 Å². The molecule has 1 heterocycles. The molecule has 144 valence electrons. The molecule has 1 fully saturated rings. The Labute approximate surface area is 161 Å². The monoisotopic (exact) mass is 414 g/mol. The van der Waals surface area contributed by atoms with Crippen molar-refractivity contribution < 1.29 is 22.0 Å². The summed E-state index contributed by atoms with van der Waals surface area (Å²) >= 11 is 6.06. The van der Waals surface area contributed by atoms with Gasteiger partial charge in [0.25, 0.3) is 0 Å². The second-order valence-electron chi connectivity index (χ2n) is 6.13. The third kappa shape index (κ3) is 4.28. The van der Waals surface area contributed by atoms with E-state index in [-0.39, 0.29) is 38.5 Å². The first-order chi connectivity index (χ1) is 12.8. The molecular formula is C18H17ClF2N2O3S. The van der Waals surface area contributed by atoms with Gasteiger partial charge in [0.1, 0.15) is 16.5 Å². The fourth-order valence-corrected chi connectivity index (χ4v) is 4.61. The number of sulfonamides is 1. The van der Waals surface area contributed by atoms with Crippen LogP contribution in [0.25, 0.3) is 0 Å². The highest BCUT2D eigenvalue weighted by Crippen LogP contribution is 2.22. The lowest BCUT2D eigenvalue weighted by Gasteiger charge is -2.34. The van der Waals surface area contributed by atoms with Crippen molar-refractivity contribution in [2.24, 2.45) is 0 Å². The maximum atomic E-state index is 13.9. The van der Waals surface area contributed by atoms with Crippen LogP contribution < -0.4 is 0 Å². The summed E-state index contributed by atoms with van der Waals surface area (Å²) in [4.78, 5) is 13.3. The first-order valence-electron chi connectivity index (χ1n) is 8.25. The number of hydrogen-bond acceptors (Lipinski definition) is 3. The van der Waals surface area contributed by atoms with Crippen LogP contribution in [0.1, 0.15) is 5.56 Å². The highest BCUT2D eigenvalue weighted by Gasteiger charge is 2.32. The molecule has 0 unspecified atom stereocenters. The molecule has 0 radical (unpaired) electrons. The molecule has 1 aliphatic heterocycles. The summed E-state index contributed by atoms with van der Waals surface area (Å²) in [5.41, 5.74) is 0.695. The van der Waals surface area contributed by atoms with Crippen molar-refractivity contribution in [3.8, 4) is 0 Å². The fraction of sp³-hybridized carbons (Fsp3) is 0.278. The van der Waals surface area contributed by atoms with Crippen molar-refractivity contribution in [3.05, 3.63) is 64.7 Å². The third-order valence-electron chi connectivity index (χ3n) is 4.40.